The quantitative estimate of drug-likeness (QED) is 0.643. The van der Waals surface area contributed by atoms with E-state index in [1.807, 2.05) is 0 Å². The molecule has 1 heterocycles. The normalized spacial score (nSPS) is 34.1. The van der Waals surface area contributed by atoms with Crippen molar-refractivity contribution in [2.45, 2.75) is 38.8 Å². The summed E-state index contributed by atoms with van der Waals surface area (Å²) in [5, 5.41) is 3.51. The molecule has 0 aromatic rings. The molecular formula is C9H20N2. The van der Waals surface area contributed by atoms with Crippen molar-refractivity contribution >= 4 is 0 Å². The monoisotopic (exact) mass is 156 g/mol. The summed E-state index contributed by atoms with van der Waals surface area (Å²) in [5.41, 5.74) is 0. The van der Waals surface area contributed by atoms with Crippen LogP contribution in [0, 0.1) is 0 Å². The van der Waals surface area contributed by atoms with Crippen LogP contribution in [0.1, 0.15) is 26.7 Å². The van der Waals surface area contributed by atoms with Crippen molar-refractivity contribution in [2.24, 2.45) is 0 Å². The second-order valence-electron chi connectivity index (χ2n) is 3.58. The molecule has 2 unspecified atom stereocenters. The summed E-state index contributed by atoms with van der Waals surface area (Å²) in [7, 11) is 2.23. The predicted octanol–water partition coefficient (Wildman–Crippen LogP) is 1.08. The number of piperazine rings is 1. The Kier molecular flexibility index (Phi) is 3.34. The summed E-state index contributed by atoms with van der Waals surface area (Å²) in [6.07, 6.45) is 2.62. The second kappa shape index (κ2) is 4.07. The minimum Gasteiger partial charge on any atom is -0.311 e. The van der Waals surface area contributed by atoms with Crippen LogP contribution in [0.2, 0.25) is 0 Å². The van der Waals surface area contributed by atoms with Gasteiger partial charge in [-0.05, 0) is 20.4 Å². The van der Waals surface area contributed by atoms with Crippen molar-refractivity contribution in [3.05, 3.63) is 0 Å². The van der Waals surface area contributed by atoms with Crippen molar-refractivity contribution in [2.75, 3.05) is 20.1 Å². The number of rotatable bonds is 2. The lowest BCUT2D eigenvalue weighted by Gasteiger charge is -2.38. The van der Waals surface area contributed by atoms with E-state index in [4.69, 9.17) is 0 Å². The fourth-order valence-electron chi connectivity index (χ4n) is 1.92. The summed E-state index contributed by atoms with van der Waals surface area (Å²) in [6, 6.07) is 1.43. The van der Waals surface area contributed by atoms with E-state index in [2.05, 4.69) is 31.1 Å². The molecule has 1 fully saturated rings. The Balaban J connectivity index is 2.41. The average Bonchev–Trinajstić information content (AvgIpc) is 1.97. The third-order valence-corrected chi connectivity index (χ3v) is 2.66. The summed E-state index contributed by atoms with van der Waals surface area (Å²) in [4.78, 5) is 2.48. The first kappa shape index (κ1) is 9.01. The third-order valence-electron chi connectivity index (χ3n) is 2.66. The van der Waals surface area contributed by atoms with Gasteiger partial charge in [0.05, 0.1) is 0 Å². The van der Waals surface area contributed by atoms with Gasteiger partial charge in [0.25, 0.3) is 0 Å². The van der Waals surface area contributed by atoms with Crippen molar-refractivity contribution in [1.82, 2.24) is 10.2 Å². The van der Waals surface area contributed by atoms with Gasteiger partial charge >= 0.3 is 0 Å². The molecule has 1 aliphatic rings. The maximum Gasteiger partial charge on any atom is 0.0244 e. The van der Waals surface area contributed by atoms with Gasteiger partial charge in [0.2, 0.25) is 0 Å². The predicted molar refractivity (Wildman–Crippen MR) is 48.8 cm³/mol. The van der Waals surface area contributed by atoms with E-state index >= 15 is 0 Å². The lowest BCUT2D eigenvalue weighted by molar-refractivity contribution is 0.149. The van der Waals surface area contributed by atoms with E-state index in [1.165, 1.54) is 19.4 Å². The Bertz CT molecular complexity index is 104. The molecule has 2 heteroatoms. The average molecular weight is 156 g/mol. The first-order chi connectivity index (χ1) is 5.25. The highest BCUT2D eigenvalue weighted by Gasteiger charge is 2.23. The van der Waals surface area contributed by atoms with Crippen molar-refractivity contribution < 1.29 is 0 Å². The lowest BCUT2D eigenvalue weighted by Crippen LogP contribution is -2.54. The van der Waals surface area contributed by atoms with Gasteiger partial charge in [-0.25, -0.2) is 0 Å². The van der Waals surface area contributed by atoms with Crippen LogP contribution in [0.25, 0.3) is 0 Å². The van der Waals surface area contributed by atoms with Gasteiger partial charge in [-0.1, -0.05) is 13.3 Å². The van der Waals surface area contributed by atoms with Crippen LogP contribution in [0.5, 0.6) is 0 Å². The molecule has 0 amide bonds. The molecule has 1 N–H and O–H groups in total. The molecule has 0 radical (unpaired) electrons. The Morgan fingerprint density at radius 3 is 2.82 bits per heavy atom. The molecule has 0 aliphatic carbocycles. The molecule has 0 aromatic carbocycles. The molecule has 1 rings (SSSR count). The van der Waals surface area contributed by atoms with Crippen molar-refractivity contribution in [3.8, 4) is 0 Å². The van der Waals surface area contributed by atoms with Crippen LogP contribution < -0.4 is 5.32 Å². The van der Waals surface area contributed by atoms with Gasteiger partial charge in [0.15, 0.2) is 0 Å². The van der Waals surface area contributed by atoms with Gasteiger partial charge in [0.1, 0.15) is 0 Å². The SMILES string of the molecule is CCCC1C(C)NCCN1C. The van der Waals surface area contributed by atoms with Crippen LogP contribution in [-0.4, -0.2) is 37.1 Å². The smallest absolute Gasteiger partial charge is 0.0244 e. The second-order valence-corrected chi connectivity index (χ2v) is 3.58. The van der Waals surface area contributed by atoms with Crippen molar-refractivity contribution in [3.63, 3.8) is 0 Å². The number of nitrogens with one attached hydrogen (secondary N) is 1. The molecule has 0 aromatic heterocycles. The van der Waals surface area contributed by atoms with Crippen LogP contribution in [0.4, 0.5) is 0 Å². The minimum absolute atomic E-state index is 0.675. The Morgan fingerprint density at radius 1 is 1.55 bits per heavy atom. The molecule has 11 heavy (non-hydrogen) atoms. The number of nitrogens with zero attached hydrogens (tertiary/aromatic N) is 1. The number of hydrogen-bond donors (Lipinski definition) is 1. The van der Waals surface area contributed by atoms with E-state index in [0.29, 0.717) is 6.04 Å². The van der Waals surface area contributed by atoms with Crippen LogP contribution >= 0.6 is 0 Å². The van der Waals surface area contributed by atoms with E-state index in [9.17, 15) is 0 Å². The summed E-state index contributed by atoms with van der Waals surface area (Å²) in [6.45, 7) is 6.90. The molecule has 0 bridgehead atoms. The molecular weight excluding hydrogens is 136 g/mol. The molecule has 0 spiro atoms. The van der Waals surface area contributed by atoms with Crippen LogP contribution in [0.15, 0.2) is 0 Å². The first-order valence-corrected chi connectivity index (χ1v) is 4.69. The first-order valence-electron chi connectivity index (χ1n) is 4.69. The molecule has 66 valence electrons. The van der Waals surface area contributed by atoms with E-state index in [0.717, 1.165) is 12.6 Å². The fourth-order valence-corrected chi connectivity index (χ4v) is 1.92. The highest BCUT2D eigenvalue weighted by Crippen LogP contribution is 2.12. The minimum atomic E-state index is 0.675. The highest BCUT2D eigenvalue weighted by molar-refractivity contribution is 4.84. The van der Waals surface area contributed by atoms with Gasteiger partial charge in [-0.2, -0.15) is 0 Å². The van der Waals surface area contributed by atoms with Gasteiger partial charge in [-0.3, -0.25) is 0 Å². The molecule has 1 saturated heterocycles. The Labute approximate surface area is 70.0 Å². The topological polar surface area (TPSA) is 15.3 Å². The number of likely N-dealkylation sites (N-methyl/N-ethyl adjacent to an activating group) is 1. The third kappa shape index (κ3) is 2.17. The summed E-state index contributed by atoms with van der Waals surface area (Å²) >= 11 is 0. The Hall–Kier alpha value is -0.0800. The molecule has 2 atom stereocenters. The van der Waals surface area contributed by atoms with E-state index in [-0.39, 0.29) is 0 Å². The summed E-state index contributed by atoms with van der Waals surface area (Å²) in [5.74, 6) is 0. The maximum atomic E-state index is 3.51. The van der Waals surface area contributed by atoms with Gasteiger partial charge in [-0.15, -0.1) is 0 Å². The number of hydrogen-bond acceptors (Lipinski definition) is 2. The Morgan fingerprint density at radius 2 is 2.27 bits per heavy atom. The highest BCUT2D eigenvalue weighted by atomic mass is 15.2. The largest absolute Gasteiger partial charge is 0.311 e. The zero-order valence-electron chi connectivity index (χ0n) is 7.93. The van der Waals surface area contributed by atoms with Gasteiger partial charge < -0.3 is 10.2 Å². The summed E-state index contributed by atoms with van der Waals surface area (Å²) < 4.78 is 0. The van der Waals surface area contributed by atoms with Gasteiger partial charge in [0, 0.05) is 25.2 Å². The maximum absolute atomic E-state index is 3.51. The molecule has 0 saturated carbocycles. The standard InChI is InChI=1S/C9H20N2/c1-4-5-9-8(2)10-6-7-11(9)3/h8-10H,4-7H2,1-3H3. The zero-order chi connectivity index (χ0) is 8.27. The molecule has 2 nitrogen and oxygen atoms in total. The fraction of sp³-hybridized carbons (Fsp3) is 1.00. The van der Waals surface area contributed by atoms with Crippen LogP contribution in [0.3, 0.4) is 0 Å². The van der Waals surface area contributed by atoms with E-state index in [1.54, 1.807) is 0 Å². The van der Waals surface area contributed by atoms with Crippen molar-refractivity contribution in [1.29, 1.82) is 0 Å². The lowest BCUT2D eigenvalue weighted by atomic mass is 10.0. The van der Waals surface area contributed by atoms with E-state index < -0.39 is 0 Å². The van der Waals surface area contributed by atoms with Crippen LogP contribution in [-0.2, 0) is 0 Å². The zero-order valence-corrected chi connectivity index (χ0v) is 7.93. The molecule has 1 aliphatic heterocycles.